The third kappa shape index (κ3) is 9.27. The Morgan fingerprint density at radius 3 is 2.12 bits per heavy atom. The van der Waals surface area contributed by atoms with Gasteiger partial charge in [0.05, 0.1) is 19.2 Å². The number of amides is 3. The van der Waals surface area contributed by atoms with Crippen molar-refractivity contribution in [2.24, 2.45) is 11.7 Å². The van der Waals surface area contributed by atoms with Crippen LogP contribution in [0.25, 0.3) is 0 Å². The Bertz CT molecular complexity index is 488. The maximum atomic E-state index is 11.9. The van der Waals surface area contributed by atoms with Crippen molar-refractivity contribution >= 4 is 36.3 Å². The summed E-state index contributed by atoms with van der Waals surface area (Å²) >= 11 is 3.92. The number of aliphatic carboxylic acids is 1. The van der Waals surface area contributed by atoms with Crippen LogP contribution >= 0.6 is 12.6 Å². The van der Waals surface area contributed by atoms with Crippen LogP contribution in [0.4, 0.5) is 0 Å². The molecule has 7 N–H and O–H groups in total. The summed E-state index contributed by atoms with van der Waals surface area (Å²) in [6.45, 7) is 2.64. The van der Waals surface area contributed by atoms with Gasteiger partial charge in [-0.3, -0.25) is 14.4 Å². The largest absolute Gasteiger partial charge is 0.480 e. The van der Waals surface area contributed by atoms with Gasteiger partial charge in [0.2, 0.25) is 17.7 Å². The van der Waals surface area contributed by atoms with E-state index in [1.807, 2.05) is 13.8 Å². The molecule has 0 aliphatic rings. The molecule has 0 aromatic heterocycles. The molecule has 0 radical (unpaired) electrons. The minimum atomic E-state index is -1.49. The molecule has 10 nitrogen and oxygen atoms in total. The van der Waals surface area contributed by atoms with E-state index in [4.69, 9.17) is 15.9 Å². The Morgan fingerprint density at radius 1 is 1.08 bits per heavy atom. The molecular formula is C14H26N4O6S. The van der Waals surface area contributed by atoms with E-state index in [1.54, 1.807) is 0 Å². The second-order valence-corrected chi connectivity index (χ2v) is 6.20. The Labute approximate surface area is 151 Å². The topological polar surface area (TPSA) is 171 Å². The van der Waals surface area contributed by atoms with E-state index >= 15 is 0 Å². The monoisotopic (exact) mass is 378 g/mol. The first kappa shape index (κ1) is 23.1. The normalized spacial score (nSPS) is 14.3. The van der Waals surface area contributed by atoms with Crippen molar-refractivity contribution in [2.45, 2.75) is 38.4 Å². The van der Waals surface area contributed by atoms with Gasteiger partial charge in [-0.25, -0.2) is 4.79 Å². The molecule has 0 aliphatic heterocycles. The third-order valence-electron chi connectivity index (χ3n) is 3.12. The van der Waals surface area contributed by atoms with Gasteiger partial charge in [-0.15, -0.1) is 0 Å². The number of nitrogens with two attached hydrogens (primary N) is 1. The van der Waals surface area contributed by atoms with Crippen molar-refractivity contribution in [2.75, 3.05) is 18.9 Å². The number of carboxylic acid groups (broad SMARTS) is 1. The van der Waals surface area contributed by atoms with Crippen LogP contribution in [-0.4, -0.2) is 70.9 Å². The molecule has 144 valence electrons. The molecule has 11 heteroatoms. The highest BCUT2D eigenvalue weighted by Crippen LogP contribution is 2.02. The molecule has 0 bridgehead atoms. The predicted molar refractivity (Wildman–Crippen MR) is 92.9 cm³/mol. The second-order valence-electron chi connectivity index (χ2n) is 5.84. The predicted octanol–water partition coefficient (Wildman–Crippen LogP) is -2.55. The first-order valence-electron chi connectivity index (χ1n) is 7.69. The van der Waals surface area contributed by atoms with Gasteiger partial charge in [-0.1, -0.05) is 13.8 Å². The standard InChI is InChI=1S/C14H26N4O6S/c1-7(2)3-8(15)12(21)16-4-11(20)17-10(6-25)13(22)18-9(5-19)14(23)24/h7-10,19,25H,3-6,15H2,1-2H3,(H,16,21)(H,17,20)(H,18,22)(H,23,24). The lowest BCUT2D eigenvalue weighted by molar-refractivity contribution is -0.143. The summed E-state index contributed by atoms with van der Waals surface area (Å²) in [5, 5.41) is 24.4. The molecule has 0 heterocycles. The van der Waals surface area contributed by atoms with E-state index < -0.39 is 48.4 Å². The highest BCUT2D eigenvalue weighted by Gasteiger charge is 2.25. The molecule has 3 amide bonds. The van der Waals surface area contributed by atoms with Crippen molar-refractivity contribution < 1.29 is 29.4 Å². The SMILES string of the molecule is CC(C)CC(N)C(=O)NCC(=O)NC(CS)C(=O)NC(CO)C(=O)O. The third-order valence-corrected chi connectivity index (χ3v) is 3.48. The van der Waals surface area contributed by atoms with Gasteiger partial charge in [0, 0.05) is 5.75 Å². The Hall–Kier alpha value is -1.85. The summed E-state index contributed by atoms with van der Waals surface area (Å²) in [5.74, 6) is -3.24. The fraction of sp³-hybridized carbons (Fsp3) is 0.714. The zero-order chi connectivity index (χ0) is 19.6. The lowest BCUT2D eigenvalue weighted by Crippen LogP contribution is -2.55. The number of rotatable bonds is 11. The molecule has 25 heavy (non-hydrogen) atoms. The van der Waals surface area contributed by atoms with Gasteiger partial charge >= 0.3 is 5.97 Å². The molecule has 3 unspecified atom stereocenters. The number of hydrogen-bond acceptors (Lipinski definition) is 7. The van der Waals surface area contributed by atoms with Crippen LogP contribution in [0.2, 0.25) is 0 Å². The molecule has 0 rings (SSSR count). The van der Waals surface area contributed by atoms with Crippen molar-refractivity contribution in [3.8, 4) is 0 Å². The first-order chi connectivity index (χ1) is 11.6. The van der Waals surface area contributed by atoms with Crippen molar-refractivity contribution in [1.29, 1.82) is 0 Å². The Balaban J connectivity index is 4.47. The van der Waals surface area contributed by atoms with Gasteiger partial charge < -0.3 is 31.9 Å². The fourth-order valence-electron chi connectivity index (χ4n) is 1.81. The summed E-state index contributed by atoms with van der Waals surface area (Å²) in [4.78, 5) is 46.2. The summed E-state index contributed by atoms with van der Waals surface area (Å²) in [6, 6.07) is -3.34. The molecule has 0 aliphatic carbocycles. The number of aliphatic hydroxyl groups is 1. The van der Waals surface area contributed by atoms with E-state index in [2.05, 4.69) is 28.6 Å². The summed E-state index contributed by atoms with van der Waals surface area (Å²) in [6.07, 6.45) is 0.465. The van der Waals surface area contributed by atoms with Crippen molar-refractivity contribution in [3.63, 3.8) is 0 Å². The summed E-state index contributed by atoms with van der Waals surface area (Å²) < 4.78 is 0. The van der Waals surface area contributed by atoms with E-state index in [9.17, 15) is 19.2 Å². The van der Waals surface area contributed by atoms with Crippen LogP contribution in [-0.2, 0) is 19.2 Å². The molecule has 0 fully saturated rings. The van der Waals surface area contributed by atoms with Crippen LogP contribution in [0.15, 0.2) is 0 Å². The first-order valence-corrected chi connectivity index (χ1v) is 8.33. The van der Waals surface area contributed by atoms with Crippen LogP contribution in [0.1, 0.15) is 20.3 Å². The van der Waals surface area contributed by atoms with Gasteiger partial charge in [0.25, 0.3) is 0 Å². The van der Waals surface area contributed by atoms with Crippen LogP contribution in [0.3, 0.4) is 0 Å². The van der Waals surface area contributed by atoms with E-state index in [0.717, 1.165) is 0 Å². The lowest BCUT2D eigenvalue weighted by atomic mass is 10.0. The van der Waals surface area contributed by atoms with Crippen molar-refractivity contribution in [3.05, 3.63) is 0 Å². The van der Waals surface area contributed by atoms with Crippen LogP contribution in [0, 0.1) is 5.92 Å². The number of thiol groups is 1. The number of nitrogens with one attached hydrogen (secondary N) is 3. The molecule has 0 aromatic rings. The molecular weight excluding hydrogens is 352 g/mol. The van der Waals surface area contributed by atoms with Gasteiger partial charge in [-0.05, 0) is 12.3 Å². The highest BCUT2D eigenvalue weighted by atomic mass is 32.1. The lowest BCUT2D eigenvalue weighted by Gasteiger charge is -2.19. The number of hydrogen-bond donors (Lipinski definition) is 7. The van der Waals surface area contributed by atoms with E-state index in [-0.39, 0.29) is 18.2 Å². The van der Waals surface area contributed by atoms with Gasteiger partial charge in [0.1, 0.15) is 12.1 Å². The number of carbonyl (C=O) groups is 4. The fourth-order valence-corrected chi connectivity index (χ4v) is 2.07. The van der Waals surface area contributed by atoms with Crippen molar-refractivity contribution in [1.82, 2.24) is 16.0 Å². The zero-order valence-corrected chi connectivity index (χ0v) is 15.1. The zero-order valence-electron chi connectivity index (χ0n) is 14.2. The Morgan fingerprint density at radius 2 is 1.68 bits per heavy atom. The summed E-state index contributed by atoms with van der Waals surface area (Å²) in [5.41, 5.74) is 5.68. The average molecular weight is 378 g/mol. The van der Waals surface area contributed by atoms with Crippen LogP contribution < -0.4 is 21.7 Å². The highest BCUT2D eigenvalue weighted by molar-refractivity contribution is 7.80. The Kier molecular flexibility index (Phi) is 10.8. The second kappa shape index (κ2) is 11.7. The maximum absolute atomic E-state index is 11.9. The number of carboxylic acids is 1. The van der Waals surface area contributed by atoms with E-state index in [0.29, 0.717) is 6.42 Å². The van der Waals surface area contributed by atoms with Crippen LogP contribution in [0.5, 0.6) is 0 Å². The minimum Gasteiger partial charge on any atom is -0.480 e. The molecule has 3 atom stereocenters. The maximum Gasteiger partial charge on any atom is 0.328 e. The van der Waals surface area contributed by atoms with Gasteiger partial charge in [-0.2, -0.15) is 12.6 Å². The smallest absolute Gasteiger partial charge is 0.328 e. The minimum absolute atomic E-state index is 0.101. The summed E-state index contributed by atoms with van der Waals surface area (Å²) in [7, 11) is 0. The molecule has 0 aromatic carbocycles. The number of aliphatic hydroxyl groups excluding tert-OH is 1. The quantitative estimate of drug-likeness (QED) is 0.194. The van der Waals surface area contributed by atoms with Gasteiger partial charge in [0.15, 0.2) is 0 Å². The molecule has 0 saturated heterocycles. The van der Waals surface area contributed by atoms with E-state index in [1.165, 1.54) is 0 Å². The molecule has 0 spiro atoms. The average Bonchev–Trinajstić information content (AvgIpc) is 2.53. The number of carbonyl (C=O) groups excluding carboxylic acids is 3. The molecule has 0 saturated carbocycles.